The zero-order valence-corrected chi connectivity index (χ0v) is 10.2. The minimum absolute atomic E-state index is 0.252. The summed E-state index contributed by atoms with van der Waals surface area (Å²) in [6.45, 7) is 2.59. The minimum Gasteiger partial charge on any atom is -0.352 e. The van der Waals surface area contributed by atoms with Crippen LogP contribution in [-0.4, -0.2) is 16.1 Å². The Balaban J connectivity index is 1.53. The number of carbonyl (C=O) groups is 1. The van der Waals surface area contributed by atoms with Gasteiger partial charge in [-0.25, -0.2) is 0 Å². The molecule has 0 radical (unpaired) electrons. The number of rotatable bonds is 3. The topological polar surface area (TPSA) is 57.8 Å². The summed E-state index contributed by atoms with van der Waals surface area (Å²) in [6, 6.07) is 0. The van der Waals surface area contributed by atoms with E-state index in [1.807, 2.05) is 6.92 Å². The quantitative estimate of drug-likeness (QED) is 0.836. The number of H-pyrrole nitrogens is 1. The third-order valence-electron chi connectivity index (χ3n) is 4.35. The molecule has 0 aromatic carbocycles. The number of hydrogen-bond acceptors (Lipinski definition) is 2. The Bertz CT molecular complexity index is 414. The highest BCUT2D eigenvalue weighted by molar-refractivity contribution is 5.82. The Morgan fingerprint density at radius 2 is 2.18 bits per heavy atom. The summed E-state index contributed by atoms with van der Waals surface area (Å²) < 4.78 is 0. The average Bonchev–Trinajstić information content (AvgIpc) is 2.94. The molecule has 2 aliphatic rings. The number of amides is 1. The van der Waals surface area contributed by atoms with Crippen LogP contribution in [0.3, 0.4) is 0 Å². The van der Waals surface area contributed by atoms with Crippen LogP contribution in [0.4, 0.5) is 0 Å². The van der Waals surface area contributed by atoms with Crippen LogP contribution in [-0.2, 0) is 11.3 Å². The second-order valence-electron chi connectivity index (χ2n) is 5.38. The summed E-state index contributed by atoms with van der Waals surface area (Å²) in [7, 11) is 0. The number of aryl methyl sites for hydroxylation is 1. The van der Waals surface area contributed by atoms with Gasteiger partial charge in [0.05, 0.1) is 6.20 Å². The highest BCUT2D eigenvalue weighted by Gasteiger charge is 2.54. The molecule has 17 heavy (non-hydrogen) atoms. The minimum atomic E-state index is 0.252. The smallest absolute Gasteiger partial charge is 0.223 e. The van der Waals surface area contributed by atoms with Crippen molar-refractivity contribution in [3.63, 3.8) is 0 Å². The highest BCUT2D eigenvalue weighted by atomic mass is 16.2. The summed E-state index contributed by atoms with van der Waals surface area (Å²) in [5, 5.41) is 9.89. The van der Waals surface area contributed by atoms with Crippen molar-refractivity contribution in [3.05, 3.63) is 17.5 Å². The van der Waals surface area contributed by atoms with Gasteiger partial charge in [-0.1, -0.05) is 12.8 Å². The normalized spacial score (nSPS) is 30.8. The fourth-order valence-corrected chi connectivity index (χ4v) is 3.24. The average molecular weight is 233 g/mol. The molecule has 2 aliphatic carbocycles. The van der Waals surface area contributed by atoms with Crippen molar-refractivity contribution < 1.29 is 4.79 Å². The molecule has 0 spiro atoms. The Hall–Kier alpha value is -1.32. The zero-order chi connectivity index (χ0) is 11.8. The third-order valence-corrected chi connectivity index (χ3v) is 4.35. The summed E-state index contributed by atoms with van der Waals surface area (Å²) in [6.07, 6.45) is 6.92. The Morgan fingerprint density at radius 3 is 2.76 bits per heavy atom. The van der Waals surface area contributed by atoms with Crippen molar-refractivity contribution in [2.45, 2.75) is 39.2 Å². The van der Waals surface area contributed by atoms with Crippen molar-refractivity contribution in [2.75, 3.05) is 0 Å². The summed E-state index contributed by atoms with van der Waals surface area (Å²) in [5.74, 6) is 1.94. The molecule has 2 saturated carbocycles. The van der Waals surface area contributed by atoms with Crippen molar-refractivity contribution in [1.29, 1.82) is 0 Å². The fourth-order valence-electron chi connectivity index (χ4n) is 3.24. The van der Waals surface area contributed by atoms with Crippen LogP contribution in [0.15, 0.2) is 6.20 Å². The molecular weight excluding hydrogens is 214 g/mol. The molecular formula is C13H19N3O. The van der Waals surface area contributed by atoms with Gasteiger partial charge >= 0.3 is 0 Å². The van der Waals surface area contributed by atoms with Crippen LogP contribution >= 0.6 is 0 Å². The van der Waals surface area contributed by atoms with Gasteiger partial charge in [0.2, 0.25) is 5.91 Å². The van der Waals surface area contributed by atoms with E-state index >= 15 is 0 Å². The predicted octanol–water partition coefficient (Wildman–Crippen LogP) is 1.77. The van der Waals surface area contributed by atoms with Gasteiger partial charge in [-0.15, -0.1) is 0 Å². The molecule has 92 valence electrons. The monoisotopic (exact) mass is 233 g/mol. The van der Waals surface area contributed by atoms with Gasteiger partial charge in [-0.05, 0) is 31.6 Å². The molecule has 2 atom stereocenters. The lowest BCUT2D eigenvalue weighted by Gasteiger charge is -2.04. The van der Waals surface area contributed by atoms with Gasteiger partial charge in [0, 0.05) is 23.7 Å². The fraction of sp³-hybridized carbons (Fsp3) is 0.692. The molecule has 1 amide bonds. The second-order valence-corrected chi connectivity index (χ2v) is 5.38. The first-order valence-electron chi connectivity index (χ1n) is 6.54. The van der Waals surface area contributed by atoms with E-state index in [9.17, 15) is 4.79 Å². The van der Waals surface area contributed by atoms with Crippen molar-refractivity contribution in [3.8, 4) is 0 Å². The number of aromatic amines is 1. The number of aromatic nitrogens is 2. The molecule has 1 heterocycles. The Labute approximate surface area is 101 Å². The van der Waals surface area contributed by atoms with Crippen molar-refractivity contribution in [2.24, 2.45) is 17.8 Å². The first kappa shape index (κ1) is 10.8. The molecule has 1 aromatic heterocycles. The molecule has 0 aliphatic heterocycles. The number of nitrogens with zero attached hydrogens (tertiary/aromatic N) is 1. The largest absolute Gasteiger partial charge is 0.352 e. The first-order chi connectivity index (χ1) is 8.27. The molecule has 2 fully saturated rings. The van der Waals surface area contributed by atoms with E-state index in [0.29, 0.717) is 24.3 Å². The maximum atomic E-state index is 12.0. The van der Waals surface area contributed by atoms with Crippen LogP contribution in [0.2, 0.25) is 0 Å². The van der Waals surface area contributed by atoms with E-state index in [2.05, 4.69) is 15.5 Å². The highest BCUT2D eigenvalue weighted by Crippen LogP contribution is 2.55. The van der Waals surface area contributed by atoms with Gasteiger partial charge in [-0.3, -0.25) is 9.89 Å². The number of nitrogens with one attached hydrogen (secondary N) is 2. The molecule has 4 nitrogen and oxygen atoms in total. The van der Waals surface area contributed by atoms with Gasteiger partial charge in [0.1, 0.15) is 0 Å². The molecule has 0 saturated heterocycles. The third kappa shape index (κ3) is 1.96. The second kappa shape index (κ2) is 4.17. The van der Waals surface area contributed by atoms with E-state index in [4.69, 9.17) is 0 Å². The summed E-state index contributed by atoms with van der Waals surface area (Å²) in [5.41, 5.74) is 2.13. The number of fused-ring (bicyclic) bond motifs is 1. The lowest BCUT2D eigenvalue weighted by molar-refractivity contribution is -0.123. The molecule has 4 heteroatoms. The van der Waals surface area contributed by atoms with Gasteiger partial charge < -0.3 is 5.32 Å². The lowest BCUT2D eigenvalue weighted by atomic mass is 10.0. The number of hydrogen-bond donors (Lipinski definition) is 2. The maximum Gasteiger partial charge on any atom is 0.223 e. The molecule has 2 N–H and O–H groups in total. The van der Waals surface area contributed by atoms with Gasteiger partial charge in [0.15, 0.2) is 0 Å². The lowest BCUT2D eigenvalue weighted by Crippen LogP contribution is -2.25. The maximum absolute atomic E-state index is 12.0. The van der Waals surface area contributed by atoms with Crippen LogP contribution in [0.1, 0.15) is 36.9 Å². The Kier molecular flexibility index (Phi) is 2.65. The van der Waals surface area contributed by atoms with E-state index in [1.54, 1.807) is 6.20 Å². The first-order valence-corrected chi connectivity index (χ1v) is 6.54. The molecule has 2 unspecified atom stereocenters. The van der Waals surface area contributed by atoms with Crippen LogP contribution in [0, 0.1) is 24.7 Å². The molecule has 0 bridgehead atoms. The van der Waals surface area contributed by atoms with Crippen molar-refractivity contribution in [1.82, 2.24) is 15.5 Å². The predicted molar refractivity (Wildman–Crippen MR) is 64.1 cm³/mol. The van der Waals surface area contributed by atoms with Gasteiger partial charge in [-0.2, -0.15) is 5.10 Å². The summed E-state index contributed by atoms with van der Waals surface area (Å²) >= 11 is 0. The van der Waals surface area contributed by atoms with E-state index in [1.165, 1.54) is 25.7 Å². The van der Waals surface area contributed by atoms with E-state index in [-0.39, 0.29) is 5.91 Å². The van der Waals surface area contributed by atoms with Crippen LogP contribution in [0.25, 0.3) is 0 Å². The standard InChI is InChI=1S/C13H19N3O/c1-8-9(7-15-16-8)6-14-13(17)12-10-4-2-3-5-11(10)12/h7,10-12H,2-6H2,1H3,(H,14,17)(H,15,16). The van der Waals surface area contributed by atoms with Crippen LogP contribution < -0.4 is 5.32 Å². The Morgan fingerprint density at radius 1 is 1.47 bits per heavy atom. The van der Waals surface area contributed by atoms with Crippen molar-refractivity contribution >= 4 is 5.91 Å². The van der Waals surface area contributed by atoms with Gasteiger partial charge in [0.25, 0.3) is 0 Å². The molecule has 1 aromatic rings. The van der Waals surface area contributed by atoms with E-state index < -0.39 is 0 Å². The molecule has 3 rings (SSSR count). The SMILES string of the molecule is Cc1[nH]ncc1CNC(=O)C1C2CCCCC21. The van der Waals surface area contributed by atoms with E-state index in [0.717, 1.165) is 11.3 Å². The van der Waals surface area contributed by atoms with Crippen LogP contribution in [0.5, 0.6) is 0 Å². The zero-order valence-electron chi connectivity index (χ0n) is 10.2. The number of carbonyl (C=O) groups excluding carboxylic acids is 1. The summed E-state index contributed by atoms with van der Waals surface area (Å²) in [4.78, 5) is 12.0.